The van der Waals surface area contributed by atoms with Gasteiger partial charge in [0.05, 0.1) is 37.6 Å². The third-order valence-electron chi connectivity index (χ3n) is 2.39. The molecule has 0 aliphatic carbocycles. The second kappa shape index (κ2) is 5.09. The Labute approximate surface area is 113 Å². The van der Waals surface area contributed by atoms with E-state index in [4.69, 9.17) is 4.42 Å². The third-order valence-corrected chi connectivity index (χ3v) is 5.01. The van der Waals surface area contributed by atoms with E-state index >= 15 is 0 Å². The summed E-state index contributed by atoms with van der Waals surface area (Å²) in [5.74, 6) is 0.244. The van der Waals surface area contributed by atoms with Gasteiger partial charge < -0.3 is 4.42 Å². The van der Waals surface area contributed by atoms with Gasteiger partial charge in [-0.2, -0.15) is 13.2 Å². The lowest BCUT2D eigenvalue weighted by atomic mass is 10.4. The van der Waals surface area contributed by atoms with Crippen LogP contribution in [0.1, 0.15) is 21.3 Å². The van der Waals surface area contributed by atoms with Crippen molar-refractivity contribution in [3.05, 3.63) is 33.7 Å². The van der Waals surface area contributed by atoms with Crippen molar-refractivity contribution in [1.29, 1.82) is 0 Å². The van der Waals surface area contributed by atoms with Gasteiger partial charge in [-0.1, -0.05) is 0 Å². The zero-order valence-electron chi connectivity index (χ0n) is 10.1. The molecule has 1 unspecified atom stereocenters. The van der Waals surface area contributed by atoms with E-state index in [1.54, 1.807) is 6.92 Å². The van der Waals surface area contributed by atoms with Crippen LogP contribution in [0, 0.1) is 13.8 Å². The lowest BCUT2D eigenvalue weighted by molar-refractivity contribution is -0.141. The molecule has 0 aromatic carbocycles. The highest BCUT2D eigenvalue weighted by Gasteiger charge is 2.37. The Morgan fingerprint density at radius 1 is 1.42 bits per heavy atom. The van der Waals surface area contributed by atoms with Crippen molar-refractivity contribution in [1.82, 2.24) is 4.98 Å². The van der Waals surface area contributed by atoms with E-state index in [0.717, 1.165) is 11.3 Å². The Morgan fingerprint density at radius 2 is 2.11 bits per heavy atom. The molecule has 0 saturated heterocycles. The molecule has 0 saturated carbocycles. The first-order valence-corrected chi connectivity index (χ1v) is 7.38. The average molecular weight is 309 g/mol. The maximum atomic E-state index is 12.8. The van der Waals surface area contributed by atoms with Crippen molar-refractivity contribution in [3.63, 3.8) is 0 Å². The van der Waals surface area contributed by atoms with Crippen molar-refractivity contribution < 1.29 is 21.8 Å². The fourth-order valence-corrected chi connectivity index (χ4v) is 4.01. The Kier molecular flexibility index (Phi) is 3.82. The summed E-state index contributed by atoms with van der Waals surface area (Å²) in [4.78, 5) is 3.88. The fraction of sp³-hybridized carbons (Fsp3) is 0.364. The summed E-state index contributed by atoms with van der Waals surface area (Å²) in [5.41, 5.74) is -0.940. The number of rotatable bonds is 3. The van der Waals surface area contributed by atoms with E-state index in [0.29, 0.717) is 15.7 Å². The largest absolute Gasteiger partial charge is 0.468 e. The quantitative estimate of drug-likeness (QED) is 0.868. The average Bonchev–Trinajstić information content (AvgIpc) is 2.84. The van der Waals surface area contributed by atoms with E-state index in [9.17, 15) is 17.4 Å². The number of thiazole rings is 1. The molecule has 19 heavy (non-hydrogen) atoms. The topological polar surface area (TPSA) is 43.1 Å². The molecule has 0 amide bonds. The maximum Gasteiger partial charge on any atom is 0.434 e. The summed E-state index contributed by atoms with van der Waals surface area (Å²) in [6.07, 6.45) is -3.15. The van der Waals surface area contributed by atoms with Gasteiger partial charge in [-0.25, -0.2) is 4.98 Å². The van der Waals surface area contributed by atoms with Gasteiger partial charge in [0.1, 0.15) is 5.76 Å². The minimum absolute atomic E-state index is 0.0102. The number of alkyl halides is 3. The Morgan fingerprint density at radius 3 is 2.63 bits per heavy atom. The van der Waals surface area contributed by atoms with Crippen LogP contribution in [0.15, 0.2) is 21.6 Å². The highest BCUT2D eigenvalue weighted by atomic mass is 32.2. The molecule has 2 heterocycles. The second-order valence-corrected chi connectivity index (χ2v) is 6.54. The zero-order valence-corrected chi connectivity index (χ0v) is 11.7. The van der Waals surface area contributed by atoms with Gasteiger partial charge in [0.2, 0.25) is 0 Å². The van der Waals surface area contributed by atoms with Gasteiger partial charge in [0.25, 0.3) is 0 Å². The summed E-state index contributed by atoms with van der Waals surface area (Å²) in [6, 6.07) is 1.51. The van der Waals surface area contributed by atoms with Crippen molar-refractivity contribution in [2.75, 3.05) is 0 Å². The van der Waals surface area contributed by atoms with Crippen LogP contribution < -0.4 is 0 Å². The van der Waals surface area contributed by atoms with Crippen LogP contribution in [0.2, 0.25) is 0 Å². The van der Waals surface area contributed by atoms with Crippen LogP contribution in [-0.4, -0.2) is 9.19 Å². The summed E-state index contributed by atoms with van der Waals surface area (Å²) < 4.78 is 55.3. The molecule has 3 nitrogen and oxygen atoms in total. The molecule has 0 bridgehead atoms. The highest BCUT2D eigenvalue weighted by molar-refractivity contribution is 7.84. The number of nitrogens with zero attached hydrogens (tertiary/aromatic N) is 1. The lowest BCUT2D eigenvalue weighted by Gasteiger charge is -2.05. The molecule has 104 valence electrons. The van der Waals surface area contributed by atoms with Crippen molar-refractivity contribution in [2.24, 2.45) is 0 Å². The molecule has 0 fully saturated rings. The van der Waals surface area contributed by atoms with Gasteiger partial charge in [-0.3, -0.25) is 4.21 Å². The van der Waals surface area contributed by atoms with Crippen LogP contribution in [-0.2, 0) is 22.7 Å². The normalized spacial score (nSPS) is 13.7. The first kappa shape index (κ1) is 14.3. The van der Waals surface area contributed by atoms with E-state index in [2.05, 4.69) is 4.98 Å². The SMILES string of the molecule is Cc1nc(C(F)(F)F)c(CS(=O)c2ccoc2C)s1. The molecule has 0 spiro atoms. The van der Waals surface area contributed by atoms with E-state index in [1.165, 1.54) is 19.3 Å². The summed E-state index contributed by atoms with van der Waals surface area (Å²) >= 11 is 0.918. The molecular weight excluding hydrogens is 299 g/mol. The number of halogens is 3. The van der Waals surface area contributed by atoms with Crippen LogP contribution in [0.5, 0.6) is 0 Å². The molecular formula is C11H10F3NO2S2. The first-order chi connectivity index (χ1) is 8.79. The van der Waals surface area contributed by atoms with Gasteiger partial charge in [-0.15, -0.1) is 11.3 Å². The number of furan rings is 1. The first-order valence-electron chi connectivity index (χ1n) is 5.25. The van der Waals surface area contributed by atoms with E-state index in [1.807, 2.05) is 0 Å². The molecule has 0 aliphatic rings. The van der Waals surface area contributed by atoms with Gasteiger partial charge in [-0.05, 0) is 19.9 Å². The van der Waals surface area contributed by atoms with Gasteiger partial charge >= 0.3 is 6.18 Å². The van der Waals surface area contributed by atoms with Gasteiger partial charge in [0, 0.05) is 0 Å². The number of hydrogen-bond donors (Lipinski definition) is 0. The number of hydrogen-bond acceptors (Lipinski definition) is 4. The monoisotopic (exact) mass is 309 g/mol. The van der Waals surface area contributed by atoms with E-state index < -0.39 is 22.7 Å². The molecule has 1 atom stereocenters. The Bertz CT molecular complexity index is 616. The number of aryl methyl sites for hydroxylation is 2. The van der Waals surface area contributed by atoms with Crippen LogP contribution >= 0.6 is 11.3 Å². The third kappa shape index (κ3) is 3.06. The highest BCUT2D eigenvalue weighted by Crippen LogP contribution is 2.35. The molecule has 2 aromatic rings. The van der Waals surface area contributed by atoms with Gasteiger partial charge in [0.15, 0.2) is 5.69 Å². The molecule has 2 aromatic heterocycles. The molecule has 2 rings (SSSR count). The number of aromatic nitrogens is 1. The Hall–Kier alpha value is -1.15. The molecule has 0 N–H and O–H groups in total. The second-order valence-electron chi connectivity index (χ2n) is 3.83. The van der Waals surface area contributed by atoms with Crippen molar-refractivity contribution in [3.8, 4) is 0 Å². The van der Waals surface area contributed by atoms with Crippen LogP contribution in [0.4, 0.5) is 13.2 Å². The maximum absolute atomic E-state index is 12.8. The van der Waals surface area contributed by atoms with Crippen LogP contribution in [0.25, 0.3) is 0 Å². The van der Waals surface area contributed by atoms with Crippen molar-refractivity contribution >= 4 is 22.1 Å². The standard InChI is InChI=1S/C11H10F3NO2S2/c1-6-9(3-4-17-6)19(16)5-8-10(11(12,13)14)15-7(2)18-8/h3-4H,5H2,1-2H3. The molecule has 0 aliphatic heterocycles. The molecule has 0 radical (unpaired) electrons. The lowest BCUT2D eigenvalue weighted by Crippen LogP contribution is -2.10. The summed E-state index contributed by atoms with van der Waals surface area (Å²) in [5, 5.41) is 0.309. The van der Waals surface area contributed by atoms with E-state index in [-0.39, 0.29) is 10.6 Å². The predicted octanol–water partition coefficient (Wildman–Crippen LogP) is 3.68. The fourth-order valence-electron chi connectivity index (χ4n) is 1.59. The molecule has 8 heteroatoms. The minimum atomic E-state index is -4.52. The zero-order chi connectivity index (χ0) is 14.2. The predicted molar refractivity (Wildman–Crippen MR) is 65.4 cm³/mol. The minimum Gasteiger partial charge on any atom is -0.468 e. The smallest absolute Gasteiger partial charge is 0.434 e. The van der Waals surface area contributed by atoms with Crippen LogP contribution in [0.3, 0.4) is 0 Å². The van der Waals surface area contributed by atoms with Crippen molar-refractivity contribution in [2.45, 2.75) is 30.7 Å². The summed E-state index contributed by atoms with van der Waals surface area (Å²) in [7, 11) is -1.57. The Balaban J connectivity index is 2.30. The summed E-state index contributed by atoms with van der Waals surface area (Å²) in [6.45, 7) is 3.12.